The van der Waals surface area contributed by atoms with E-state index >= 15 is 0 Å². The van der Waals surface area contributed by atoms with Crippen molar-refractivity contribution in [2.75, 3.05) is 11.4 Å². The van der Waals surface area contributed by atoms with Crippen molar-refractivity contribution in [2.24, 2.45) is 5.73 Å². The van der Waals surface area contributed by atoms with Gasteiger partial charge in [-0.3, -0.25) is 0 Å². The summed E-state index contributed by atoms with van der Waals surface area (Å²) in [5.74, 6) is 0. The fraction of sp³-hybridized carbons (Fsp3) is 0.235. The van der Waals surface area contributed by atoms with E-state index < -0.39 is 0 Å². The van der Waals surface area contributed by atoms with Crippen molar-refractivity contribution in [3.05, 3.63) is 58.5 Å². The molecule has 0 saturated carbocycles. The molecule has 0 saturated heterocycles. The molecular weight excluding hydrogens is 278 g/mol. The van der Waals surface area contributed by atoms with Gasteiger partial charge >= 0.3 is 0 Å². The zero-order valence-electron chi connectivity index (χ0n) is 12.1. The van der Waals surface area contributed by atoms with Crippen LogP contribution in [0.15, 0.2) is 47.8 Å². The van der Waals surface area contributed by atoms with Crippen LogP contribution in [0.25, 0.3) is 10.8 Å². The topological polar surface area (TPSA) is 42.1 Å². The minimum Gasteiger partial charge on any atom is -0.365 e. The zero-order chi connectivity index (χ0) is 14.7. The molecule has 4 heteroatoms. The van der Waals surface area contributed by atoms with Gasteiger partial charge in [0.05, 0.1) is 12.2 Å². The van der Waals surface area contributed by atoms with Crippen molar-refractivity contribution in [1.29, 1.82) is 0 Å². The van der Waals surface area contributed by atoms with Crippen molar-refractivity contribution in [3.63, 3.8) is 0 Å². The molecule has 0 aliphatic rings. The van der Waals surface area contributed by atoms with Gasteiger partial charge in [-0.15, -0.1) is 11.3 Å². The lowest BCUT2D eigenvalue weighted by atomic mass is 10.1. The van der Waals surface area contributed by atoms with Crippen LogP contribution in [-0.2, 0) is 13.1 Å². The molecule has 3 aromatic rings. The lowest BCUT2D eigenvalue weighted by molar-refractivity contribution is 0.812. The number of anilines is 1. The number of rotatable bonds is 5. The van der Waals surface area contributed by atoms with E-state index in [1.807, 2.05) is 0 Å². The average molecular weight is 297 g/mol. The lowest BCUT2D eigenvalue weighted by Crippen LogP contribution is -2.22. The number of aromatic nitrogens is 1. The molecule has 0 fully saturated rings. The Balaban J connectivity index is 1.94. The quantitative estimate of drug-likeness (QED) is 0.779. The highest BCUT2D eigenvalue weighted by Gasteiger charge is 2.10. The summed E-state index contributed by atoms with van der Waals surface area (Å²) in [6, 6.07) is 15.0. The molecule has 3 rings (SSSR count). The molecule has 0 unspecified atom stereocenters. The van der Waals surface area contributed by atoms with Gasteiger partial charge in [0.15, 0.2) is 0 Å². The normalized spacial score (nSPS) is 11.0. The lowest BCUT2D eigenvalue weighted by Gasteiger charge is -2.24. The van der Waals surface area contributed by atoms with Crippen LogP contribution in [0.1, 0.15) is 17.6 Å². The van der Waals surface area contributed by atoms with Gasteiger partial charge in [-0.05, 0) is 18.4 Å². The zero-order valence-corrected chi connectivity index (χ0v) is 12.9. The van der Waals surface area contributed by atoms with Crippen LogP contribution in [0.4, 0.5) is 5.69 Å². The summed E-state index contributed by atoms with van der Waals surface area (Å²) in [6.07, 6.45) is 0. The highest BCUT2D eigenvalue weighted by atomic mass is 32.1. The van der Waals surface area contributed by atoms with Gasteiger partial charge < -0.3 is 10.6 Å². The third kappa shape index (κ3) is 2.91. The largest absolute Gasteiger partial charge is 0.365 e. The summed E-state index contributed by atoms with van der Waals surface area (Å²) in [7, 11) is 0. The van der Waals surface area contributed by atoms with E-state index in [4.69, 9.17) is 5.73 Å². The second-order valence-electron chi connectivity index (χ2n) is 4.95. The van der Waals surface area contributed by atoms with Gasteiger partial charge in [-0.25, -0.2) is 4.98 Å². The van der Waals surface area contributed by atoms with E-state index in [0.717, 1.165) is 23.8 Å². The van der Waals surface area contributed by atoms with Crippen LogP contribution >= 0.6 is 11.3 Å². The number of nitrogens with zero attached hydrogens (tertiary/aromatic N) is 2. The molecule has 1 heterocycles. The van der Waals surface area contributed by atoms with E-state index in [2.05, 4.69) is 64.7 Å². The van der Waals surface area contributed by atoms with Crippen molar-refractivity contribution in [3.8, 4) is 0 Å². The molecule has 3 nitrogen and oxygen atoms in total. The van der Waals surface area contributed by atoms with Gasteiger partial charge in [0.2, 0.25) is 0 Å². The molecule has 0 spiro atoms. The molecule has 108 valence electrons. The monoisotopic (exact) mass is 297 g/mol. The van der Waals surface area contributed by atoms with Gasteiger partial charge in [-0.2, -0.15) is 0 Å². The summed E-state index contributed by atoms with van der Waals surface area (Å²) >= 11 is 1.64. The van der Waals surface area contributed by atoms with Gasteiger partial charge in [0.25, 0.3) is 0 Å². The van der Waals surface area contributed by atoms with Crippen LogP contribution in [0.2, 0.25) is 0 Å². The average Bonchev–Trinajstić information content (AvgIpc) is 3.00. The van der Waals surface area contributed by atoms with Gasteiger partial charge in [0.1, 0.15) is 5.01 Å². The Bertz CT molecular complexity index is 730. The van der Waals surface area contributed by atoms with Crippen molar-refractivity contribution in [1.82, 2.24) is 4.98 Å². The molecule has 21 heavy (non-hydrogen) atoms. The number of fused-ring (bicyclic) bond motifs is 1. The van der Waals surface area contributed by atoms with Crippen LogP contribution in [0.3, 0.4) is 0 Å². The molecule has 1 aromatic heterocycles. The molecule has 0 aliphatic heterocycles. The number of nitrogens with two attached hydrogens (primary N) is 1. The van der Waals surface area contributed by atoms with Crippen LogP contribution in [-0.4, -0.2) is 11.5 Å². The molecule has 0 amide bonds. The number of hydrogen-bond acceptors (Lipinski definition) is 4. The van der Waals surface area contributed by atoms with Crippen molar-refractivity contribution in [2.45, 2.75) is 20.0 Å². The van der Waals surface area contributed by atoms with E-state index in [1.165, 1.54) is 16.5 Å². The van der Waals surface area contributed by atoms with Crippen LogP contribution < -0.4 is 10.6 Å². The Morgan fingerprint density at radius 1 is 1.14 bits per heavy atom. The summed E-state index contributed by atoms with van der Waals surface area (Å²) in [4.78, 5) is 6.93. The van der Waals surface area contributed by atoms with Gasteiger partial charge in [0, 0.05) is 29.5 Å². The van der Waals surface area contributed by atoms with Crippen LogP contribution in [0.5, 0.6) is 0 Å². The molecule has 0 atom stereocenters. The van der Waals surface area contributed by atoms with E-state index in [1.54, 1.807) is 11.3 Å². The van der Waals surface area contributed by atoms with E-state index in [-0.39, 0.29) is 0 Å². The van der Waals surface area contributed by atoms with E-state index in [0.29, 0.717) is 6.54 Å². The molecule has 2 N–H and O–H groups in total. The summed E-state index contributed by atoms with van der Waals surface area (Å²) in [5, 5.41) is 5.67. The Morgan fingerprint density at radius 2 is 1.95 bits per heavy atom. The number of thiazole rings is 1. The maximum absolute atomic E-state index is 5.65. The molecule has 0 bridgehead atoms. The number of benzene rings is 2. The maximum Gasteiger partial charge on any atom is 0.107 e. The smallest absolute Gasteiger partial charge is 0.107 e. The third-order valence-corrected chi connectivity index (χ3v) is 4.54. The Morgan fingerprint density at radius 3 is 2.71 bits per heavy atom. The Kier molecular flexibility index (Phi) is 4.18. The van der Waals surface area contributed by atoms with Crippen LogP contribution in [0, 0.1) is 0 Å². The molecule has 0 radical (unpaired) electrons. The number of hydrogen-bond donors (Lipinski definition) is 1. The van der Waals surface area contributed by atoms with Gasteiger partial charge in [-0.1, -0.05) is 36.4 Å². The predicted octanol–water partition coefficient (Wildman–Crippen LogP) is 3.78. The fourth-order valence-electron chi connectivity index (χ4n) is 2.56. The first-order valence-electron chi connectivity index (χ1n) is 7.18. The second-order valence-corrected chi connectivity index (χ2v) is 5.89. The first-order valence-corrected chi connectivity index (χ1v) is 8.06. The van der Waals surface area contributed by atoms with Crippen molar-refractivity contribution < 1.29 is 0 Å². The third-order valence-electron chi connectivity index (χ3n) is 3.62. The SMILES string of the molecule is CCN(Cc1csc(CN)n1)c1cccc2ccccc12. The Labute approximate surface area is 129 Å². The Hall–Kier alpha value is -1.91. The summed E-state index contributed by atoms with van der Waals surface area (Å²) in [5.41, 5.74) is 8.00. The van der Waals surface area contributed by atoms with Crippen molar-refractivity contribution >= 4 is 27.8 Å². The molecular formula is C17H19N3S. The second kappa shape index (κ2) is 6.24. The first-order chi connectivity index (χ1) is 10.3. The summed E-state index contributed by atoms with van der Waals surface area (Å²) < 4.78 is 0. The highest BCUT2D eigenvalue weighted by molar-refractivity contribution is 7.09. The summed E-state index contributed by atoms with van der Waals surface area (Å²) in [6.45, 7) is 4.47. The highest BCUT2D eigenvalue weighted by Crippen LogP contribution is 2.27. The minimum absolute atomic E-state index is 0.519. The first kappa shape index (κ1) is 14.0. The maximum atomic E-state index is 5.65. The minimum atomic E-state index is 0.519. The predicted molar refractivity (Wildman–Crippen MR) is 90.7 cm³/mol. The standard InChI is InChI=1S/C17H19N3S/c1-2-20(11-14-12-21-17(10-18)19-14)16-9-5-7-13-6-3-4-8-15(13)16/h3-9,12H,2,10-11,18H2,1H3. The van der Waals surface area contributed by atoms with E-state index in [9.17, 15) is 0 Å². The molecule has 0 aliphatic carbocycles. The molecule has 2 aromatic carbocycles. The fourth-order valence-corrected chi connectivity index (χ4v) is 3.23.